The molecule has 0 fully saturated rings. The van der Waals surface area contributed by atoms with E-state index >= 15 is 0 Å². The Labute approximate surface area is 108 Å². The number of hydrogen-bond donors (Lipinski definition) is 0. The van der Waals surface area contributed by atoms with Crippen molar-refractivity contribution in [1.29, 1.82) is 0 Å². The standard InChI is InChI=1S/C14H26O2Si/c1-8-10-11-12-13(15-9-2)16-17(6,7)14(3,4)5/h12H,8-9H2,1-7H3. The second-order valence-electron chi connectivity index (χ2n) is 5.43. The van der Waals surface area contributed by atoms with Gasteiger partial charge in [0, 0.05) is 6.42 Å². The molecule has 0 heterocycles. The van der Waals surface area contributed by atoms with Gasteiger partial charge in [-0.3, -0.25) is 0 Å². The van der Waals surface area contributed by atoms with E-state index in [2.05, 4.69) is 45.7 Å². The molecule has 0 radical (unpaired) electrons. The number of rotatable bonds is 4. The third kappa shape index (κ3) is 5.83. The van der Waals surface area contributed by atoms with Gasteiger partial charge in [0.1, 0.15) is 0 Å². The van der Waals surface area contributed by atoms with Gasteiger partial charge in [0.25, 0.3) is 14.3 Å². The third-order valence-electron chi connectivity index (χ3n) is 2.92. The molecule has 0 aromatic carbocycles. The molecule has 0 aliphatic rings. The van der Waals surface area contributed by atoms with Crippen LogP contribution in [-0.2, 0) is 9.16 Å². The zero-order valence-electron chi connectivity index (χ0n) is 12.3. The van der Waals surface area contributed by atoms with Crippen molar-refractivity contribution >= 4 is 8.32 Å². The fourth-order valence-electron chi connectivity index (χ4n) is 0.859. The average Bonchev–Trinajstić information content (AvgIpc) is 2.16. The average molecular weight is 254 g/mol. The predicted octanol–water partition coefficient (Wildman–Crippen LogP) is 4.30. The first-order chi connectivity index (χ1) is 7.74. The summed E-state index contributed by atoms with van der Waals surface area (Å²) in [5, 5.41) is 0.168. The second-order valence-corrected chi connectivity index (χ2v) is 10.2. The zero-order valence-corrected chi connectivity index (χ0v) is 13.3. The molecular weight excluding hydrogens is 228 g/mol. The predicted molar refractivity (Wildman–Crippen MR) is 76.1 cm³/mol. The zero-order chi connectivity index (χ0) is 13.5. The molecule has 0 saturated carbocycles. The Balaban J connectivity index is 4.82. The maximum absolute atomic E-state index is 6.06. The van der Waals surface area contributed by atoms with Crippen LogP contribution in [0.3, 0.4) is 0 Å². The smallest absolute Gasteiger partial charge is 0.274 e. The van der Waals surface area contributed by atoms with E-state index in [9.17, 15) is 0 Å². The lowest BCUT2D eigenvalue weighted by Gasteiger charge is -2.36. The third-order valence-corrected chi connectivity index (χ3v) is 7.24. The van der Waals surface area contributed by atoms with Crippen LogP contribution >= 0.6 is 0 Å². The Hall–Kier alpha value is -0.883. The van der Waals surface area contributed by atoms with E-state index in [0.717, 1.165) is 6.42 Å². The molecule has 0 saturated heterocycles. The molecule has 0 N–H and O–H groups in total. The van der Waals surface area contributed by atoms with Crippen molar-refractivity contribution in [2.24, 2.45) is 0 Å². The quantitative estimate of drug-likeness (QED) is 0.423. The van der Waals surface area contributed by atoms with Crippen LogP contribution in [0.25, 0.3) is 0 Å². The molecule has 0 aliphatic carbocycles. The van der Waals surface area contributed by atoms with E-state index in [1.807, 2.05) is 13.8 Å². The Morgan fingerprint density at radius 3 is 2.24 bits per heavy atom. The molecule has 0 aromatic heterocycles. The minimum absolute atomic E-state index is 0.168. The molecule has 3 heteroatoms. The summed E-state index contributed by atoms with van der Waals surface area (Å²) >= 11 is 0. The number of hydrogen-bond acceptors (Lipinski definition) is 2. The summed E-state index contributed by atoms with van der Waals surface area (Å²) in [6.07, 6.45) is 2.59. The van der Waals surface area contributed by atoms with Gasteiger partial charge in [0.15, 0.2) is 0 Å². The van der Waals surface area contributed by atoms with E-state index in [1.54, 1.807) is 6.08 Å². The highest BCUT2D eigenvalue weighted by Gasteiger charge is 2.39. The fraction of sp³-hybridized carbons (Fsp3) is 0.714. The summed E-state index contributed by atoms with van der Waals surface area (Å²) in [5.41, 5.74) is 0. The van der Waals surface area contributed by atoms with Crippen molar-refractivity contribution in [3.8, 4) is 11.8 Å². The van der Waals surface area contributed by atoms with Gasteiger partial charge in [-0.2, -0.15) is 0 Å². The van der Waals surface area contributed by atoms with Crippen molar-refractivity contribution in [3.05, 3.63) is 12.0 Å². The van der Waals surface area contributed by atoms with Crippen LogP contribution in [0.1, 0.15) is 41.0 Å². The van der Waals surface area contributed by atoms with Crippen LogP contribution in [0.4, 0.5) is 0 Å². The highest BCUT2D eigenvalue weighted by Crippen LogP contribution is 2.37. The molecule has 0 amide bonds. The number of ether oxygens (including phenoxy) is 1. The van der Waals surface area contributed by atoms with E-state index in [4.69, 9.17) is 9.16 Å². The first-order valence-corrected chi connectivity index (χ1v) is 9.15. The molecular formula is C14H26O2Si. The molecule has 17 heavy (non-hydrogen) atoms. The van der Waals surface area contributed by atoms with Gasteiger partial charge < -0.3 is 9.16 Å². The largest absolute Gasteiger partial charge is 0.518 e. The molecule has 0 unspecified atom stereocenters. The lowest BCUT2D eigenvalue weighted by Crippen LogP contribution is -2.40. The highest BCUT2D eigenvalue weighted by molar-refractivity contribution is 6.74. The second kappa shape index (κ2) is 6.76. The summed E-state index contributed by atoms with van der Waals surface area (Å²) in [5.74, 6) is 6.51. The molecule has 2 nitrogen and oxygen atoms in total. The summed E-state index contributed by atoms with van der Waals surface area (Å²) in [7, 11) is -1.83. The van der Waals surface area contributed by atoms with E-state index in [-0.39, 0.29) is 5.04 Å². The molecule has 0 bridgehead atoms. The van der Waals surface area contributed by atoms with Gasteiger partial charge in [-0.1, -0.05) is 39.5 Å². The van der Waals surface area contributed by atoms with Gasteiger partial charge in [-0.25, -0.2) is 0 Å². The Morgan fingerprint density at radius 1 is 1.24 bits per heavy atom. The molecule has 0 atom stereocenters. The van der Waals surface area contributed by atoms with Crippen LogP contribution in [0, 0.1) is 11.8 Å². The summed E-state index contributed by atoms with van der Waals surface area (Å²) in [6.45, 7) is 15.6. The SMILES string of the molecule is CCC#CC=C(OCC)O[Si](C)(C)C(C)(C)C. The summed E-state index contributed by atoms with van der Waals surface area (Å²) in [4.78, 5) is 0. The minimum Gasteiger partial charge on any atom is -0.518 e. The molecule has 0 spiro atoms. The van der Waals surface area contributed by atoms with Crippen molar-refractivity contribution < 1.29 is 9.16 Å². The van der Waals surface area contributed by atoms with Gasteiger partial charge in [0.2, 0.25) is 0 Å². The molecule has 0 aromatic rings. The molecule has 0 aliphatic heterocycles. The first kappa shape index (κ1) is 16.1. The maximum Gasteiger partial charge on any atom is 0.274 e. The van der Waals surface area contributed by atoms with Gasteiger partial charge in [0.05, 0.1) is 12.7 Å². The van der Waals surface area contributed by atoms with Crippen LogP contribution in [0.15, 0.2) is 12.0 Å². The minimum atomic E-state index is -1.83. The Kier molecular flexibility index (Phi) is 6.40. The van der Waals surface area contributed by atoms with Crippen LogP contribution in [0.2, 0.25) is 18.1 Å². The summed E-state index contributed by atoms with van der Waals surface area (Å²) < 4.78 is 11.6. The van der Waals surface area contributed by atoms with Gasteiger partial charge >= 0.3 is 0 Å². The van der Waals surface area contributed by atoms with Crippen molar-refractivity contribution in [1.82, 2.24) is 0 Å². The highest BCUT2D eigenvalue weighted by atomic mass is 28.4. The van der Waals surface area contributed by atoms with Crippen molar-refractivity contribution in [2.75, 3.05) is 6.61 Å². The van der Waals surface area contributed by atoms with Crippen molar-refractivity contribution in [2.45, 2.75) is 59.2 Å². The topological polar surface area (TPSA) is 18.5 Å². The summed E-state index contributed by atoms with van der Waals surface area (Å²) in [6, 6.07) is 0. The van der Waals surface area contributed by atoms with Crippen LogP contribution in [-0.4, -0.2) is 14.9 Å². The fourth-order valence-corrected chi connectivity index (χ4v) is 1.79. The lowest BCUT2D eigenvalue weighted by molar-refractivity contribution is 0.108. The van der Waals surface area contributed by atoms with E-state index in [0.29, 0.717) is 12.6 Å². The normalized spacial score (nSPS) is 12.8. The van der Waals surface area contributed by atoms with Gasteiger partial charge in [-0.15, -0.1) is 0 Å². The van der Waals surface area contributed by atoms with Crippen molar-refractivity contribution in [3.63, 3.8) is 0 Å². The Morgan fingerprint density at radius 2 is 1.82 bits per heavy atom. The monoisotopic (exact) mass is 254 g/mol. The van der Waals surface area contributed by atoms with E-state index < -0.39 is 8.32 Å². The maximum atomic E-state index is 6.06. The number of allylic oxidation sites excluding steroid dienone is 1. The van der Waals surface area contributed by atoms with Crippen LogP contribution in [0.5, 0.6) is 0 Å². The van der Waals surface area contributed by atoms with E-state index in [1.165, 1.54) is 0 Å². The van der Waals surface area contributed by atoms with Gasteiger partial charge in [-0.05, 0) is 25.1 Å². The molecule has 0 rings (SSSR count). The first-order valence-electron chi connectivity index (χ1n) is 6.25. The van der Waals surface area contributed by atoms with Crippen LogP contribution < -0.4 is 0 Å². The Bertz CT molecular complexity index is 313. The lowest BCUT2D eigenvalue weighted by atomic mass is 10.2. The molecule has 98 valence electrons.